The summed E-state index contributed by atoms with van der Waals surface area (Å²) in [5, 5.41) is 8.84. The van der Waals surface area contributed by atoms with Crippen molar-refractivity contribution in [2.45, 2.75) is 12.8 Å². The minimum Gasteiger partial charge on any atom is -0.310 e. The molecule has 1 aliphatic rings. The van der Waals surface area contributed by atoms with Gasteiger partial charge in [-0.15, -0.1) is 22.7 Å². The van der Waals surface area contributed by atoms with Crippen molar-refractivity contribution in [3.63, 3.8) is 0 Å². The summed E-state index contributed by atoms with van der Waals surface area (Å²) in [6.45, 7) is 0. The van der Waals surface area contributed by atoms with Crippen LogP contribution in [0.3, 0.4) is 0 Å². The highest BCUT2D eigenvalue weighted by atomic mass is 32.1. The number of thiophene rings is 2. The maximum Gasteiger partial charge on any atom is 0.139 e. The standard InChI is InChI=1S/C50H35BN2S2/c51-36-27-41(52(37-19-17-32-9-1-3-11-34(32)25-37)39-21-23-49-45(30-39)43-13-5-7-15-47(43)54-49)29-42(28-36)53(38-20-18-33-10-2-4-12-35(33)26-38)40-22-24-50-46(31-40)44-14-6-8-16-48(44)55-50/h1-7,9-15,17-31H,8,16,51H2. The first-order valence-electron chi connectivity index (χ1n) is 19.0. The van der Waals surface area contributed by atoms with Crippen LogP contribution in [0.4, 0.5) is 34.1 Å². The van der Waals surface area contributed by atoms with E-state index in [0.717, 1.165) is 47.0 Å². The molecule has 1 aliphatic carbocycles. The SMILES string of the molecule is Bc1cc(N(c2ccc3ccccc3c2)c2ccc3sc4c(c3c2)C=CCC4)cc(N(c2ccc3ccccc3c2)c2ccc3sc4ccccc4c3c2)c1. The van der Waals surface area contributed by atoms with Crippen LogP contribution in [0.1, 0.15) is 16.9 Å². The second kappa shape index (κ2) is 13.0. The van der Waals surface area contributed by atoms with Gasteiger partial charge in [-0.05, 0) is 125 Å². The van der Waals surface area contributed by atoms with Crippen LogP contribution in [0.5, 0.6) is 0 Å². The van der Waals surface area contributed by atoms with Crippen LogP contribution in [0.25, 0.3) is 57.9 Å². The van der Waals surface area contributed by atoms with Crippen LogP contribution in [-0.2, 0) is 6.42 Å². The van der Waals surface area contributed by atoms with E-state index in [1.165, 1.54) is 67.7 Å². The first-order valence-corrected chi connectivity index (χ1v) is 20.6. The number of nitrogens with zero attached hydrogens (tertiary/aromatic N) is 2. The molecule has 0 saturated carbocycles. The minimum absolute atomic E-state index is 1.12. The second-order valence-electron chi connectivity index (χ2n) is 14.6. The Morgan fingerprint density at radius 1 is 0.418 bits per heavy atom. The maximum absolute atomic E-state index is 2.45. The Morgan fingerprint density at radius 3 is 1.62 bits per heavy atom. The summed E-state index contributed by atoms with van der Waals surface area (Å²) >= 11 is 3.81. The largest absolute Gasteiger partial charge is 0.310 e. The first-order chi connectivity index (χ1) is 27.1. The smallest absolute Gasteiger partial charge is 0.139 e. The van der Waals surface area contributed by atoms with E-state index in [4.69, 9.17) is 0 Å². The molecule has 0 unspecified atom stereocenters. The van der Waals surface area contributed by atoms with Gasteiger partial charge in [-0.1, -0.05) is 96.5 Å². The van der Waals surface area contributed by atoms with Crippen molar-refractivity contribution in [1.82, 2.24) is 0 Å². The third-order valence-corrected chi connectivity index (χ3v) is 13.4. The monoisotopic (exact) mass is 738 g/mol. The number of aryl methyl sites for hydroxylation is 1. The Balaban J connectivity index is 1.14. The van der Waals surface area contributed by atoms with Gasteiger partial charge in [0.05, 0.1) is 0 Å². The Morgan fingerprint density at radius 2 is 0.945 bits per heavy atom. The van der Waals surface area contributed by atoms with E-state index in [-0.39, 0.29) is 0 Å². The van der Waals surface area contributed by atoms with Gasteiger partial charge in [0.15, 0.2) is 0 Å². The Bertz CT molecular complexity index is 3150. The zero-order valence-electron chi connectivity index (χ0n) is 30.4. The molecule has 0 amide bonds. The summed E-state index contributed by atoms with van der Waals surface area (Å²) in [6, 6.07) is 60.8. The van der Waals surface area contributed by atoms with Gasteiger partial charge in [0.1, 0.15) is 7.85 Å². The lowest BCUT2D eigenvalue weighted by Crippen LogP contribution is -2.17. The number of rotatable bonds is 6. The predicted octanol–water partition coefficient (Wildman–Crippen LogP) is 13.7. The number of fused-ring (bicyclic) bond motifs is 8. The van der Waals surface area contributed by atoms with E-state index in [9.17, 15) is 0 Å². The van der Waals surface area contributed by atoms with Crippen LogP contribution < -0.4 is 15.3 Å². The lowest BCUT2D eigenvalue weighted by atomic mass is 9.93. The van der Waals surface area contributed by atoms with Crippen molar-refractivity contribution in [3.05, 3.63) is 180 Å². The minimum atomic E-state index is 1.12. The van der Waals surface area contributed by atoms with Gasteiger partial charge in [0, 0.05) is 69.3 Å². The van der Waals surface area contributed by atoms with Crippen LogP contribution >= 0.6 is 22.7 Å². The summed E-state index contributed by atoms with van der Waals surface area (Å²) in [5.74, 6) is 0. The molecular weight excluding hydrogens is 704 g/mol. The molecule has 0 atom stereocenters. The third kappa shape index (κ3) is 5.62. The van der Waals surface area contributed by atoms with Gasteiger partial charge in [0.2, 0.25) is 0 Å². The summed E-state index contributed by atoms with van der Waals surface area (Å²) in [7, 11) is 2.23. The first kappa shape index (κ1) is 32.3. The molecule has 0 radical (unpaired) electrons. The number of allylic oxidation sites excluding steroid dienone is 1. The summed E-state index contributed by atoms with van der Waals surface area (Å²) in [6.07, 6.45) is 6.90. The fourth-order valence-corrected chi connectivity index (χ4v) is 10.7. The fraction of sp³-hybridized carbons (Fsp3) is 0.0400. The quantitative estimate of drug-likeness (QED) is 0.157. The molecule has 2 aromatic heterocycles. The average Bonchev–Trinajstić information content (AvgIpc) is 3.79. The number of anilines is 6. The van der Waals surface area contributed by atoms with E-state index in [1.807, 2.05) is 22.7 Å². The van der Waals surface area contributed by atoms with E-state index < -0.39 is 0 Å². The molecule has 55 heavy (non-hydrogen) atoms. The zero-order chi connectivity index (χ0) is 36.5. The zero-order valence-corrected chi connectivity index (χ0v) is 32.0. The normalized spacial score (nSPS) is 12.6. The molecule has 0 N–H and O–H groups in total. The third-order valence-electron chi connectivity index (χ3n) is 11.0. The molecule has 8 aromatic carbocycles. The van der Waals surface area contributed by atoms with Crippen molar-refractivity contribution >= 4 is 128 Å². The molecule has 0 spiro atoms. The van der Waals surface area contributed by atoms with Crippen LogP contribution in [0.15, 0.2) is 170 Å². The highest BCUT2D eigenvalue weighted by Crippen LogP contribution is 2.45. The molecule has 5 heteroatoms. The van der Waals surface area contributed by atoms with Gasteiger partial charge in [-0.3, -0.25) is 0 Å². The van der Waals surface area contributed by atoms with Crippen LogP contribution in [0, 0.1) is 0 Å². The predicted molar refractivity (Wildman–Crippen MR) is 245 cm³/mol. The fourth-order valence-electron chi connectivity index (χ4n) is 8.46. The highest BCUT2D eigenvalue weighted by Gasteiger charge is 2.21. The molecule has 0 aliphatic heterocycles. The highest BCUT2D eigenvalue weighted by molar-refractivity contribution is 7.25. The van der Waals surface area contributed by atoms with Gasteiger partial charge < -0.3 is 9.80 Å². The van der Waals surface area contributed by atoms with Crippen LogP contribution in [-0.4, -0.2) is 7.85 Å². The molecule has 2 nitrogen and oxygen atoms in total. The Kier molecular flexibility index (Phi) is 7.65. The van der Waals surface area contributed by atoms with Gasteiger partial charge in [0.25, 0.3) is 0 Å². The average molecular weight is 739 g/mol. The summed E-state index contributed by atoms with van der Waals surface area (Å²) in [5.41, 5.74) is 9.38. The lowest BCUT2D eigenvalue weighted by Gasteiger charge is -2.30. The van der Waals surface area contributed by atoms with E-state index in [1.54, 1.807) is 0 Å². The molecule has 0 saturated heterocycles. The molecule has 2 heterocycles. The van der Waals surface area contributed by atoms with Crippen LogP contribution in [0.2, 0.25) is 0 Å². The van der Waals surface area contributed by atoms with Crippen molar-refractivity contribution in [2.24, 2.45) is 0 Å². The van der Waals surface area contributed by atoms with Crippen molar-refractivity contribution in [1.29, 1.82) is 0 Å². The molecular formula is C50H35BN2S2. The van der Waals surface area contributed by atoms with Crippen molar-refractivity contribution in [3.8, 4) is 0 Å². The topological polar surface area (TPSA) is 6.48 Å². The van der Waals surface area contributed by atoms with E-state index in [0.29, 0.717) is 0 Å². The molecule has 10 aromatic rings. The molecule has 11 rings (SSSR count). The van der Waals surface area contributed by atoms with E-state index in [2.05, 4.69) is 194 Å². The summed E-state index contributed by atoms with van der Waals surface area (Å²) in [4.78, 5) is 6.38. The summed E-state index contributed by atoms with van der Waals surface area (Å²) < 4.78 is 3.97. The second-order valence-corrected chi connectivity index (χ2v) is 16.8. The van der Waals surface area contributed by atoms with Gasteiger partial charge in [-0.25, -0.2) is 0 Å². The van der Waals surface area contributed by atoms with E-state index >= 15 is 0 Å². The Labute approximate surface area is 329 Å². The molecule has 0 fully saturated rings. The van der Waals surface area contributed by atoms with Crippen molar-refractivity contribution < 1.29 is 0 Å². The number of hydrogen-bond acceptors (Lipinski definition) is 4. The number of hydrogen-bond donors (Lipinski definition) is 0. The molecule has 0 bridgehead atoms. The lowest BCUT2D eigenvalue weighted by molar-refractivity contribution is 1.02. The molecule has 260 valence electrons. The maximum atomic E-state index is 2.45. The van der Waals surface area contributed by atoms with Crippen molar-refractivity contribution in [2.75, 3.05) is 9.80 Å². The van der Waals surface area contributed by atoms with Gasteiger partial charge in [-0.2, -0.15) is 0 Å². The van der Waals surface area contributed by atoms with Gasteiger partial charge >= 0.3 is 0 Å². The number of benzene rings is 8. The Hall–Kier alpha value is -6.14.